The van der Waals surface area contributed by atoms with Crippen LogP contribution in [0.3, 0.4) is 0 Å². The smallest absolute Gasteiger partial charge is 0.262 e. The molecule has 2 aromatic rings. The Kier molecular flexibility index (Phi) is 5.07. The molecular weight excluding hydrogens is 314 g/mol. The van der Waals surface area contributed by atoms with Crippen LogP contribution in [0.5, 0.6) is 0 Å². The van der Waals surface area contributed by atoms with Crippen LogP contribution < -0.4 is 10.9 Å². The van der Waals surface area contributed by atoms with Gasteiger partial charge in [-0.15, -0.1) is 11.3 Å². The predicted octanol–water partition coefficient (Wildman–Crippen LogP) is 1.52. The molecule has 2 heterocycles. The van der Waals surface area contributed by atoms with E-state index in [9.17, 15) is 14.7 Å². The number of nitrogens with zero attached hydrogens (tertiary/aromatic N) is 2. The molecule has 2 unspecified atom stereocenters. The molecule has 1 aliphatic rings. The summed E-state index contributed by atoms with van der Waals surface area (Å²) in [5.74, 6) is 0.289. The standard InChI is InChI=1S/C16H21N3O3S/c20-12-3-1-2-11(8-12)9-17-14(21)4-6-19-10-18-15-13(16(19)22)5-7-23-15/h5,7,10-12,20H,1-4,6,8-9H2,(H,17,21). The van der Waals surface area contributed by atoms with Gasteiger partial charge in [0.15, 0.2) is 0 Å². The molecule has 1 saturated carbocycles. The summed E-state index contributed by atoms with van der Waals surface area (Å²) in [6, 6.07) is 1.76. The van der Waals surface area contributed by atoms with Gasteiger partial charge in [0.2, 0.25) is 5.91 Å². The Labute approximate surface area is 138 Å². The number of aliphatic hydroxyl groups excluding tert-OH is 1. The Morgan fingerprint density at radius 2 is 2.35 bits per heavy atom. The van der Waals surface area contributed by atoms with Crippen molar-refractivity contribution in [3.63, 3.8) is 0 Å². The van der Waals surface area contributed by atoms with E-state index in [1.54, 1.807) is 6.07 Å². The quantitative estimate of drug-likeness (QED) is 0.867. The summed E-state index contributed by atoms with van der Waals surface area (Å²) in [7, 11) is 0. The van der Waals surface area contributed by atoms with Gasteiger partial charge in [-0.3, -0.25) is 14.2 Å². The van der Waals surface area contributed by atoms with Crippen LogP contribution in [-0.4, -0.2) is 33.2 Å². The highest BCUT2D eigenvalue weighted by atomic mass is 32.1. The van der Waals surface area contributed by atoms with Crippen LogP contribution in [0.25, 0.3) is 10.2 Å². The second kappa shape index (κ2) is 7.23. The monoisotopic (exact) mass is 335 g/mol. The van der Waals surface area contributed by atoms with Crippen LogP contribution in [0.4, 0.5) is 0 Å². The number of thiophene rings is 1. The summed E-state index contributed by atoms with van der Waals surface area (Å²) in [4.78, 5) is 29.1. The van der Waals surface area contributed by atoms with Gasteiger partial charge in [-0.1, -0.05) is 6.42 Å². The molecule has 1 amide bonds. The minimum atomic E-state index is -0.229. The average Bonchev–Trinajstić information content (AvgIpc) is 3.02. The van der Waals surface area contributed by atoms with Crippen LogP contribution in [0.15, 0.2) is 22.6 Å². The lowest BCUT2D eigenvalue weighted by Gasteiger charge is -2.25. The molecule has 1 aliphatic carbocycles. The van der Waals surface area contributed by atoms with E-state index >= 15 is 0 Å². The number of rotatable bonds is 5. The summed E-state index contributed by atoms with van der Waals surface area (Å²) in [5, 5.41) is 15.0. The first-order valence-electron chi connectivity index (χ1n) is 8.01. The summed E-state index contributed by atoms with van der Waals surface area (Å²) < 4.78 is 1.49. The molecule has 0 aromatic carbocycles. The minimum absolute atomic E-state index is 0.0672. The van der Waals surface area contributed by atoms with Crippen molar-refractivity contribution in [1.82, 2.24) is 14.9 Å². The predicted molar refractivity (Wildman–Crippen MR) is 89.5 cm³/mol. The number of hydrogen-bond acceptors (Lipinski definition) is 5. The summed E-state index contributed by atoms with van der Waals surface area (Å²) in [6.07, 6.45) is 5.23. The Hall–Kier alpha value is -1.73. The fourth-order valence-corrected chi connectivity index (χ4v) is 3.79. The molecule has 0 aliphatic heterocycles. The largest absolute Gasteiger partial charge is 0.393 e. The number of aliphatic hydroxyl groups is 1. The number of fused-ring (bicyclic) bond motifs is 1. The molecule has 0 saturated heterocycles. The highest BCUT2D eigenvalue weighted by Gasteiger charge is 2.20. The van der Waals surface area contributed by atoms with Gasteiger partial charge >= 0.3 is 0 Å². The van der Waals surface area contributed by atoms with Crippen molar-refractivity contribution in [3.05, 3.63) is 28.1 Å². The van der Waals surface area contributed by atoms with Crippen LogP contribution in [-0.2, 0) is 11.3 Å². The second-order valence-corrected chi connectivity index (χ2v) is 7.02. The van der Waals surface area contributed by atoms with E-state index in [1.165, 1.54) is 22.2 Å². The molecule has 2 aromatic heterocycles. The van der Waals surface area contributed by atoms with Gasteiger partial charge < -0.3 is 10.4 Å². The second-order valence-electron chi connectivity index (χ2n) is 6.12. The first kappa shape index (κ1) is 16.1. The van der Waals surface area contributed by atoms with Crippen molar-refractivity contribution in [2.75, 3.05) is 6.54 Å². The van der Waals surface area contributed by atoms with Crippen molar-refractivity contribution >= 4 is 27.5 Å². The van der Waals surface area contributed by atoms with E-state index in [0.29, 0.717) is 24.4 Å². The third-order valence-electron chi connectivity index (χ3n) is 4.37. The van der Waals surface area contributed by atoms with Gasteiger partial charge in [-0.05, 0) is 36.6 Å². The van der Waals surface area contributed by atoms with E-state index in [0.717, 1.165) is 30.5 Å². The fraction of sp³-hybridized carbons (Fsp3) is 0.562. The molecule has 2 atom stereocenters. The van der Waals surface area contributed by atoms with Gasteiger partial charge in [0, 0.05) is 19.5 Å². The molecule has 2 N–H and O–H groups in total. The Morgan fingerprint density at radius 1 is 1.48 bits per heavy atom. The Morgan fingerprint density at radius 3 is 3.17 bits per heavy atom. The Balaban J connectivity index is 1.50. The number of hydrogen-bond donors (Lipinski definition) is 2. The molecule has 6 nitrogen and oxygen atoms in total. The number of nitrogens with one attached hydrogen (secondary N) is 1. The zero-order valence-corrected chi connectivity index (χ0v) is 13.7. The van der Waals surface area contributed by atoms with Crippen LogP contribution in [0.1, 0.15) is 32.1 Å². The van der Waals surface area contributed by atoms with Gasteiger partial charge in [-0.25, -0.2) is 4.98 Å². The highest BCUT2D eigenvalue weighted by molar-refractivity contribution is 7.16. The lowest BCUT2D eigenvalue weighted by molar-refractivity contribution is -0.121. The number of aromatic nitrogens is 2. The van der Waals surface area contributed by atoms with Crippen molar-refractivity contribution in [2.24, 2.45) is 5.92 Å². The van der Waals surface area contributed by atoms with Crippen molar-refractivity contribution in [2.45, 2.75) is 44.8 Å². The van der Waals surface area contributed by atoms with E-state index in [1.807, 2.05) is 5.38 Å². The maximum absolute atomic E-state index is 12.2. The maximum Gasteiger partial charge on any atom is 0.262 e. The normalized spacial score (nSPS) is 21.4. The third kappa shape index (κ3) is 3.97. The van der Waals surface area contributed by atoms with E-state index in [2.05, 4.69) is 10.3 Å². The lowest BCUT2D eigenvalue weighted by Crippen LogP contribution is -2.34. The Bertz CT molecular complexity index is 739. The zero-order valence-electron chi connectivity index (χ0n) is 12.9. The van der Waals surface area contributed by atoms with E-state index < -0.39 is 0 Å². The van der Waals surface area contributed by atoms with Gasteiger partial charge in [0.05, 0.1) is 17.8 Å². The topological polar surface area (TPSA) is 84.2 Å². The highest BCUT2D eigenvalue weighted by Crippen LogP contribution is 2.23. The van der Waals surface area contributed by atoms with E-state index in [4.69, 9.17) is 0 Å². The molecule has 124 valence electrons. The molecule has 0 radical (unpaired) electrons. The van der Waals surface area contributed by atoms with Crippen LogP contribution in [0.2, 0.25) is 0 Å². The average molecular weight is 335 g/mol. The first-order valence-corrected chi connectivity index (χ1v) is 8.89. The number of aryl methyl sites for hydroxylation is 1. The number of carbonyl (C=O) groups is 1. The lowest BCUT2D eigenvalue weighted by atomic mass is 9.87. The molecule has 23 heavy (non-hydrogen) atoms. The molecule has 7 heteroatoms. The number of carbonyl (C=O) groups excluding carboxylic acids is 1. The molecule has 0 spiro atoms. The minimum Gasteiger partial charge on any atom is -0.393 e. The zero-order chi connectivity index (χ0) is 16.2. The number of amides is 1. The first-order chi connectivity index (χ1) is 11.1. The van der Waals surface area contributed by atoms with Crippen molar-refractivity contribution < 1.29 is 9.90 Å². The molecule has 3 rings (SSSR count). The molecule has 1 fully saturated rings. The molecular formula is C16H21N3O3S. The maximum atomic E-state index is 12.2. The summed E-state index contributed by atoms with van der Waals surface area (Å²) in [6.45, 7) is 0.934. The SMILES string of the molecule is O=C(CCn1cnc2sccc2c1=O)NCC1CCCC(O)C1. The van der Waals surface area contributed by atoms with E-state index in [-0.39, 0.29) is 24.0 Å². The van der Waals surface area contributed by atoms with Gasteiger partial charge in [-0.2, -0.15) is 0 Å². The fourth-order valence-electron chi connectivity index (χ4n) is 3.07. The van der Waals surface area contributed by atoms with Crippen LogP contribution >= 0.6 is 11.3 Å². The van der Waals surface area contributed by atoms with Crippen molar-refractivity contribution in [3.8, 4) is 0 Å². The van der Waals surface area contributed by atoms with Gasteiger partial charge in [0.25, 0.3) is 5.56 Å². The van der Waals surface area contributed by atoms with Crippen LogP contribution in [0, 0.1) is 5.92 Å². The summed E-state index contributed by atoms with van der Waals surface area (Å²) >= 11 is 1.43. The molecule has 0 bridgehead atoms. The van der Waals surface area contributed by atoms with Gasteiger partial charge in [0.1, 0.15) is 4.83 Å². The summed E-state index contributed by atoms with van der Waals surface area (Å²) in [5.41, 5.74) is -0.0977. The third-order valence-corrected chi connectivity index (χ3v) is 5.19. The van der Waals surface area contributed by atoms with Crippen molar-refractivity contribution in [1.29, 1.82) is 0 Å².